The molecule has 9 rings (SSSR count). The number of carbonyl (C=O) groups excluding carboxylic acids is 5. The Morgan fingerprint density at radius 2 is 1.62 bits per heavy atom. The largest absolute Gasteiger partial charge is 0.462 e. The van der Waals surface area contributed by atoms with Gasteiger partial charge in [-0.1, -0.05) is 76.6 Å². The molecule has 3 heterocycles. The number of benzene rings is 2. The van der Waals surface area contributed by atoms with E-state index in [0.29, 0.717) is 58.4 Å². The molecule has 11 heteroatoms. The van der Waals surface area contributed by atoms with E-state index in [1.54, 1.807) is 43.4 Å². The highest BCUT2D eigenvalue weighted by Gasteiger charge is 2.96. The number of carbonyl (C=O) groups is 5. The highest BCUT2D eigenvalue weighted by Crippen LogP contribution is 3.07. The maximum absolute atomic E-state index is 14.3. The van der Waals surface area contributed by atoms with Gasteiger partial charge in [0.1, 0.15) is 29.1 Å². The molecule has 9 nitrogen and oxygen atoms in total. The zero-order valence-electron chi connectivity index (χ0n) is 38.3. The van der Waals surface area contributed by atoms with Crippen LogP contribution in [0.3, 0.4) is 0 Å². The average Bonchev–Trinajstić information content (AvgIpc) is 3.43. The van der Waals surface area contributed by atoms with Crippen molar-refractivity contribution >= 4 is 48.4 Å². The van der Waals surface area contributed by atoms with E-state index in [1.165, 1.54) is 25.4 Å². The fourth-order valence-electron chi connectivity index (χ4n) is 15.0. The van der Waals surface area contributed by atoms with E-state index in [2.05, 4.69) is 38.3 Å². The zero-order valence-corrected chi connectivity index (χ0v) is 39.9. The van der Waals surface area contributed by atoms with Crippen LogP contribution in [0.1, 0.15) is 129 Å². The van der Waals surface area contributed by atoms with E-state index in [9.17, 15) is 24.0 Å². The number of esters is 2. The number of amides is 2. The number of Topliss-reactive ketones (excluding diaryl/α,β-unsaturated/α-hetero) is 1. The Bertz CT molecular complexity index is 2230. The van der Waals surface area contributed by atoms with Gasteiger partial charge in [-0.05, 0) is 131 Å². The van der Waals surface area contributed by atoms with E-state index >= 15 is 0 Å². The van der Waals surface area contributed by atoms with Gasteiger partial charge in [-0.15, -0.1) is 0 Å². The van der Waals surface area contributed by atoms with Crippen molar-refractivity contribution in [3.8, 4) is 0 Å². The lowest BCUT2D eigenvalue weighted by molar-refractivity contribution is -0.181. The molecule has 0 bridgehead atoms. The summed E-state index contributed by atoms with van der Waals surface area (Å²) in [5.41, 5.74) is 2.02. The molecule has 2 aromatic carbocycles. The second-order valence-corrected chi connectivity index (χ2v) is 26.3. The third-order valence-corrected chi connectivity index (χ3v) is 24.7. The first kappa shape index (κ1) is 44.6. The monoisotopic (exact) mass is 897 g/mol. The number of hydrogen-bond donors (Lipinski definition) is 2. The second kappa shape index (κ2) is 16.1. The minimum atomic E-state index is -1.64. The van der Waals surface area contributed by atoms with E-state index in [0.717, 1.165) is 43.2 Å². The number of ether oxygens (including phenoxy) is 2. The van der Waals surface area contributed by atoms with Crippen LogP contribution in [0.5, 0.6) is 0 Å². The van der Waals surface area contributed by atoms with Gasteiger partial charge < -0.3 is 20.1 Å². The number of nitrogens with one attached hydrogen (secondary N) is 2. The number of ketones is 1. The highest BCUT2D eigenvalue weighted by atomic mass is 35.5. The van der Waals surface area contributed by atoms with Crippen molar-refractivity contribution in [2.45, 2.75) is 142 Å². The van der Waals surface area contributed by atoms with Crippen molar-refractivity contribution in [2.24, 2.45) is 52.3 Å². The fraction of sp³-hybridized carbons (Fsp3) is 0.635. The lowest BCUT2D eigenvalue weighted by Gasteiger charge is -2.56. The van der Waals surface area contributed by atoms with Crippen LogP contribution in [0, 0.1) is 52.3 Å². The van der Waals surface area contributed by atoms with Crippen molar-refractivity contribution in [3.63, 3.8) is 0 Å². The first-order valence-corrected chi connectivity index (χ1v) is 26.3. The van der Waals surface area contributed by atoms with Gasteiger partial charge in [-0.2, -0.15) is 0 Å². The molecule has 12 unspecified atom stereocenters. The molecule has 2 spiro atoms. The minimum Gasteiger partial charge on any atom is -0.462 e. The average molecular weight is 899 g/mol. The number of halogens is 1. The van der Waals surface area contributed by atoms with Crippen molar-refractivity contribution in [1.29, 1.82) is 0 Å². The third kappa shape index (κ3) is 6.97. The molecule has 0 radical (unpaired) electrons. The molecule has 4 aliphatic carbocycles. The molecule has 3 saturated carbocycles. The van der Waals surface area contributed by atoms with Gasteiger partial charge >= 0.3 is 11.9 Å². The van der Waals surface area contributed by atoms with Gasteiger partial charge in [0, 0.05) is 40.5 Å². The van der Waals surface area contributed by atoms with Crippen molar-refractivity contribution < 1.29 is 33.4 Å². The zero-order chi connectivity index (χ0) is 44.9. The molecule has 2 amide bonds. The van der Waals surface area contributed by atoms with Crippen molar-refractivity contribution in [1.82, 2.24) is 10.6 Å². The number of rotatable bonds is 12. The number of fused-ring (bicyclic) bond motifs is 3. The molecule has 0 aromatic heterocycles. The van der Waals surface area contributed by atoms with Gasteiger partial charge in [0.05, 0.1) is 30.6 Å². The van der Waals surface area contributed by atoms with Crippen molar-refractivity contribution in [2.75, 3.05) is 12.7 Å². The first-order valence-electron chi connectivity index (χ1n) is 23.8. The van der Waals surface area contributed by atoms with Crippen LogP contribution in [0.25, 0.3) is 0 Å². The molecule has 3 aliphatic heterocycles. The summed E-state index contributed by atoms with van der Waals surface area (Å²) in [6.07, 6.45) is 10.5. The highest BCUT2D eigenvalue weighted by molar-refractivity contribution is 7.89. The summed E-state index contributed by atoms with van der Waals surface area (Å²) in [6, 6.07) is 16.3. The van der Waals surface area contributed by atoms with Gasteiger partial charge in [0.15, 0.2) is 5.78 Å². The standard InChI is InChI=1S/C52H66ClN2O7P/c1-30(2)43-39(56)28-51(24-25-54-48(60)49(5,6)55-45(57)34-13-15-35(53)16-14-34)22-19-42-52-23-17-38-32(4)40(18-21-50(38,7)41(52)20-26-63(42,52)44(43)51)62-47(59)37-27-36(31(37)3)46(58)61-29-33-11-9-8-10-12-33/h8-16,30-32,36-38,40-42H,17-29H2,1-7H3,(H-,54,55,57,60)/p+1. The molecule has 7 aliphatic rings. The predicted molar refractivity (Wildman–Crippen MR) is 246 cm³/mol. The number of allylic oxidation sites excluding steroid dienone is 2. The summed E-state index contributed by atoms with van der Waals surface area (Å²) in [7, 11) is -1.64. The molecular formula is C52H67ClN2O7P+. The Balaban J connectivity index is 0.858. The molecule has 12 atom stereocenters. The molecule has 2 aromatic rings. The van der Waals surface area contributed by atoms with Crippen LogP contribution in [-0.4, -0.2) is 64.7 Å². The van der Waals surface area contributed by atoms with Gasteiger partial charge in [0.25, 0.3) is 5.91 Å². The molecule has 3 saturated heterocycles. The smallest absolute Gasteiger partial charge is 0.309 e. The predicted octanol–water partition coefficient (Wildman–Crippen LogP) is 9.95. The van der Waals surface area contributed by atoms with E-state index in [1.807, 2.05) is 37.3 Å². The minimum absolute atomic E-state index is 0.104. The Labute approximate surface area is 379 Å². The maximum Gasteiger partial charge on any atom is 0.309 e. The SMILES string of the molecule is CC(C)C1=C2C(CCNC(=O)C(C)(C)NC(=O)c3ccc(Cl)cc3)(CCC3C45CCC6C(C)C(OC(=O)C7CC(C(=O)OCc8ccccc8)C7C)CCC6(C)C4CC[P+]235)CC1=O. The molecular weight excluding hydrogens is 831 g/mol. The normalized spacial score (nSPS) is 37.4. The van der Waals surface area contributed by atoms with Gasteiger partial charge in [-0.3, -0.25) is 24.0 Å². The Kier molecular flexibility index (Phi) is 11.4. The van der Waals surface area contributed by atoms with E-state index < -0.39 is 12.8 Å². The molecule has 338 valence electrons. The summed E-state index contributed by atoms with van der Waals surface area (Å²) >= 11 is 6.03. The van der Waals surface area contributed by atoms with Gasteiger partial charge in [0.2, 0.25) is 5.91 Å². The van der Waals surface area contributed by atoms with Crippen LogP contribution in [-0.2, 0) is 35.3 Å². The second-order valence-electron chi connectivity index (χ2n) is 21.8. The summed E-state index contributed by atoms with van der Waals surface area (Å²) in [5.74, 6) is 0.207. The van der Waals surface area contributed by atoms with E-state index in [-0.39, 0.29) is 76.9 Å². The molecule has 63 heavy (non-hydrogen) atoms. The lowest BCUT2D eigenvalue weighted by Crippen LogP contribution is -2.55. The molecule has 2 N–H and O–H groups in total. The van der Waals surface area contributed by atoms with Crippen LogP contribution in [0.2, 0.25) is 5.02 Å². The summed E-state index contributed by atoms with van der Waals surface area (Å²) in [4.78, 5) is 67.6. The summed E-state index contributed by atoms with van der Waals surface area (Å²) in [6.45, 7) is 15.4. The van der Waals surface area contributed by atoms with Crippen LogP contribution in [0.15, 0.2) is 65.5 Å². The maximum atomic E-state index is 14.3. The summed E-state index contributed by atoms with van der Waals surface area (Å²) in [5, 5.41) is 8.51. The third-order valence-electron chi connectivity index (χ3n) is 18.1. The first-order chi connectivity index (χ1) is 29.9. The fourth-order valence-corrected chi connectivity index (χ4v) is 23.7. The van der Waals surface area contributed by atoms with Crippen LogP contribution >= 0.6 is 18.9 Å². The van der Waals surface area contributed by atoms with Gasteiger partial charge in [-0.25, -0.2) is 0 Å². The summed E-state index contributed by atoms with van der Waals surface area (Å²) < 4.78 is 12.0. The quantitative estimate of drug-likeness (QED) is 0.160. The lowest BCUT2D eigenvalue weighted by atomic mass is 9.48. The van der Waals surface area contributed by atoms with Crippen LogP contribution < -0.4 is 10.6 Å². The Hall–Kier alpha value is -3.55. The topological polar surface area (TPSA) is 128 Å². The number of hydrogen-bond acceptors (Lipinski definition) is 7. The Morgan fingerprint density at radius 3 is 2.32 bits per heavy atom. The Morgan fingerprint density at radius 1 is 0.905 bits per heavy atom. The van der Waals surface area contributed by atoms with Crippen molar-refractivity contribution in [3.05, 3.63) is 81.6 Å². The van der Waals surface area contributed by atoms with E-state index in [4.69, 9.17) is 21.1 Å². The van der Waals surface area contributed by atoms with Crippen LogP contribution in [0.4, 0.5) is 0 Å². The molecule has 6 fully saturated rings.